The summed E-state index contributed by atoms with van der Waals surface area (Å²) in [6.45, 7) is 0.268. The third-order valence-electron chi connectivity index (χ3n) is 2.82. The van der Waals surface area contributed by atoms with Gasteiger partial charge in [-0.1, -0.05) is 17.7 Å². The van der Waals surface area contributed by atoms with E-state index < -0.39 is 0 Å². The summed E-state index contributed by atoms with van der Waals surface area (Å²) in [5, 5.41) is 12.3. The first-order valence-electron chi connectivity index (χ1n) is 5.90. The van der Waals surface area contributed by atoms with E-state index in [1.54, 1.807) is 30.3 Å². The molecule has 2 aromatic rings. The van der Waals surface area contributed by atoms with Crippen LogP contribution in [0.2, 0.25) is 5.02 Å². The molecule has 0 saturated heterocycles. The summed E-state index contributed by atoms with van der Waals surface area (Å²) in [4.78, 5) is 0. The van der Waals surface area contributed by atoms with Crippen LogP contribution in [0.4, 0.5) is 10.1 Å². The van der Waals surface area contributed by atoms with Crippen molar-refractivity contribution in [3.8, 4) is 11.8 Å². The van der Waals surface area contributed by atoms with Crippen molar-refractivity contribution in [2.24, 2.45) is 0 Å². The number of methoxy groups -OCH3 is 1. The van der Waals surface area contributed by atoms with E-state index in [4.69, 9.17) is 21.6 Å². The standard InChI is InChI=1S/C15H12ClFN2O/c1-20-12-4-3-11(14(17)7-12)9-19-15-6-10(8-18)2-5-13(15)16/h2-7,19H,9H2,1H3. The van der Waals surface area contributed by atoms with E-state index in [0.717, 1.165) is 0 Å². The molecular weight excluding hydrogens is 279 g/mol. The van der Waals surface area contributed by atoms with Gasteiger partial charge in [0.1, 0.15) is 11.6 Å². The van der Waals surface area contributed by atoms with E-state index in [1.165, 1.54) is 13.2 Å². The van der Waals surface area contributed by atoms with E-state index in [0.29, 0.717) is 27.6 Å². The zero-order valence-corrected chi connectivity index (χ0v) is 11.5. The Bertz CT molecular complexity index is 667. The molecular formula is C15H12ClFN2O. The summed E-state index contributed by atoms with van der Waals surface area (Å²) in [7, 11) is 1.49. The first-order valence-corrected chi connectivity index (χ1v) is 6.28. The highest BCUT2D eigenvalue weighted by Crippen LogP contribution is 2.24. The third kappa shape index (κ3) is 3.19. The Hall–Kier alpha value is -2.25. The second-order valence-electron chi connectivity index (χ2n) is 4.12. The number of benzene rings is 2. The van der Waals surface area contributed by atoms with Crippen LogP contribution in [0, 0.1) is 17.1 Å². The normalized spacial score (nSPS) is 9.90. The maximum atomic E-state index is 13.8. The van der Waals surface area contributed by atoms with Gasteiger partial charge >= 0.3 is 0 Å². The first-order chi connectivity index (χ1) is 9.63. The van der Waals surface area contributed by atoms with Crippen molar-refractivity contribution in [2.45, 2.75) is 6.54 Å². The van der Waals surface area contributed by atoms with E-state index in [1.807, 2.05) is 6.07 Å². The molecule has 0 bridgehead atoms. The molecule has 0 aliphatic carbocycles. The summed E-state index contributed by atoms with van der Waals surface area (Å²) >= 11 is 6.02. The van der Waals surface area contributed by atoms with Crippen molar-refractivity contribution in [1.82, 2.24) is 0 Å². The molecule has 0 aliphatic rings. The van der Waals surface area contributed by atoms with Gasteiger partial charge in [-0.25, -0.2) is 4.39 Å². The fraction of sp³-hybridized carbons (Fsp3) is 0.133. The second-order valence-corrected chi connectivity index (χ2v) is 4.52. The number of rotatable bonds is 4. The maximum Gasteiger partial charge on any atom is 0.131 e. The number of nitrogens with one attached hydrogen (secondary N) is 1. The average molecular weight is 291 g/mol. The molecule has 0 radical (unpaired) electrons. The minimum atomic E-state index is -0.357. The lowest BCUT2D eigenvalue weighted by atomic mass is 10.1. The second kappa shape index (κ2) is 6.27. The Morgan fingerprint density at radius 1 is 1.30 bits per heavy atom. The molecule has 0 spiro atoms. The molecule has 2 aromatic carbocycles. The van der Waals surface area contributed by atoms with Gasteiger partial charge in [0.25, 0.3) is 0 Å². The van der Waals surface area contributed by atoms with Crippen LogP contribution in [0.15, 0.2) is 36.4 Å². The van der Waals surface area contributed by atoms with Gasteiger partial charge in [0.2, 0.25) is 0 Å². The molecule has 0 aliphatic heterocycles. The Kier molecular flexibility index (Phi) is 4.44. The molecule has 0 fully saturated rings. The molecule has 0 unspecified atom stereocenters. The van der Waals surface area contributed by atoms with Crippen LogP contribution in [0.5, 0.6) is 5.75 Å². The molecule has 20 heavy (non-hydrogen) atoms. The number of hydrogen-bond acceptors (Lipinski definition) is 3. The largest absolute Gasteiger partial charge is 0.497 e. The Labute approximate surface area is 121 Å². The number of nitriles is 1. The van der Waals surface area contributed by atoms with Crippen molar-refractivity contribution in [2.75, 3.05) is 12.4 Å². The number of ether oxygens (including phenoxy) is 1. The van der Waals surface area contributed by atoms with Crippen LogP contribution in [-0.4, -0.2) is 7.11 Å². The van der Waals surface area contributed by atoms with Crippen LogP contribution in [0.1, 0.15) is 11.1 Å². The average Bonchev–Trinajstić information content (AvgIpc) is 2.47. The summed E-state index contributed by atoms with van der Waals surface area (Å²) in [5.41, 5.74) is 1.58. The summed E-state index contributed by atoms with van der Waals surface area (Å²) in [6.07, 6.45) is 0. The molecule has 0 atom stereocenters. The van der Waals surface area contributed by atoms with Crippen LogP contribution >= 0.6 is 11.6 Å². The summed E-state index contributed by atoms with van der Waals surface area (Å²) in [5.74, 6) is 0.111. The molecule has 0 amide bonds. The van der Waals surface area contributed by atoms with E-state index in [9.17, 15) is 4.39 Å². The zero-order chi connectivity index (χ0) is 14.5. The first kappa shape index (κ1) is 14.2. The van der Waals surface area contributed by atoms with Crippen molar-refractivity contribution in [3.63, 3.8) is 0 Å². The predicted molar refractivity (Wildman–Crippen MR) is 76.4 cm³/mol. The van der Waals surface area contributed by atoms with Crippen molar-refractivity contribution < 1.29 is 9.13 Å². The van der Waals surface area contributed by atoms with Gasteiger partial charge in [0.05, 0.1) is 29.5 Å². The molecule has 1 N–H and O–H groups in total. The highest BCUT2D eigenvalue weighted by Gasteiger charge is 2.06. The predicted octanol–water partition coefficient (Wildman–Crippen LogP) is 3.97. The number of hydrogen-bond donors (Lipinski definition) is 1. The van der Waals surface area contributed by atoms with Crippen LogP contribution in [0.25, 0.3) is 0 Å². The van der Waals surface area contributed by atoms with Gasteiger partial charge in [-0.3, -0.25) is 0 Å². The van der Waals surface area contributed by atoms with Crippen LogP contribution < -0.4 is 10.1 Å². The third-order valence-corrected chi connectivity index (χ3v) is 3.15. The number of anilines is 1. The van der Waals surface area contributed by atoms with E-state index in [-0.39, 0.29) is 12.4 Å². The van der Waals surface area contributed by atoms with Gasteiger partial charge in [-0.2, -0.15) is 5.26 Å². The molecule has 3 nitrogen and oxygen atoms in total. The lowest BCUT2D eigenvalue weighted by Gasteiger charge is -2.10. The Morgan fingerprint density at radius 3 is 2.75 bits per heavy atom. The highest BCUT2D eigenvalue weighted by molar-refractivity contribution is 6.33. The van der Waals surface area contributed by atoms with E-state index >= 15 is 0 Å². The topological polar surface area (TPSA) is 45.0 Å². The zero-order valence-electron chi connectivity index (χ0n) is 10.8. The molecule has 2 rings (SSSR count). The Morgan fingerprint density at radius 2 is 2.10 bits per heavy atom. The fourth-order valence-electron chi connectivity index (χ4n) is 1.72. The SMILES string of the molecule is COc1ccc(CNc2cc(C#N)ccc2Cl)c(F)c1. The highest BCUT2D eigenvalue weighted by atomic mass is 35.5. The minimum absolute atomic E-state index is 0.268. The van der Waals surface area contributed by atoms with Gasteiger partial charge in [0.15, 0.2) is 0 Å². The van der Waals surface area contributed by atoms with Crippen LogP contribution in [0.3, 0.4) is 0 Å². The quantitative estimate of drug-likeness (QED) is 0.926. The fourth-order valence-corrected chi connectivity index (χ4v) is 1.90. The van der Waals surface area contributed by atoms with Crippen molar-refractivity contribution in [3.05, 3.63) is 58.4 Å². The van der Waals surface area contributed by atoms with Gasteiger partial charge in [0, 0.05) is 18.2 Å². The smallest absolute Gasteiger partial charge is 0.131 e. The van der Waals surface area contributed by atoms with Gasteiger partial charge < -0.3 is 10.1 Å². The monoisotopic (exact) mass is 290 g/mol. The molecule has 5 heteroatoms. The lowest BCUT2D eigenvalue weighted by Crippen LogP contribution is -2.03. The Balaban J connectivity index is 2.15. The molecule has 0 saturated carbocycles. The van der Waals surface area contributed by atoms with Gasteiger partial charge in [-0.15, -0.1) is 0 Å². The van der Waals surface area contributed by atoms with Gasteiger partial charge in [-0.05, 0) is 24.3 Å². The number of halogens is 2. The molecule has 102 valence electrons. The van der Waals surface area contributed by atoms with E-state index in [2.05, 4.69) is 5.32 Å². The lowest BCUT2D eigenvalue weighted by molar-refractivity contribution is 0.411. The summed E-state index contributed by atoms with van der Waals surface area (Å²) in [6, 6.07) is 11.6. The maximum absolute atomic E-state index is 13.8. The molecule has 0 aromatic heterocycles. The van der Waals surface area contributed by atoms with Crippen molar-refractivity contribution >= 4 is 17.3 Å². The minimum Gasteiger partial charge on any atom is -0.497 e. The van der Waals surface area contributed by atoms with Crippen molar-refractivity contribution in [1.29, 1.82) is 5.26 Å². The summed E-state index contributed by atoms with van der Waals surface area (Å²) < 4.78 is 18.7. The number of nitrogens with zero attached hydrogens (tertiary/aromatic N) is 1. The molecule has 0 heterocycles. The van der Waals surface area contributed by atoms with Crippen LogP contribution in [-0.2, 0) is 6.54 Å².